The number of carbonyl (C=O) groups excluding carboxylic acids is 2. The van der Waals surface area contributed by atoms with E-state index in [4.69, 9.17) is 10.2 Å². The van der Waals surface area contributed by atoms with Crippen LogP contribution in [-0.2, 0) is 4.79 Å². The Hall–Kier alpha value is -2.42. The third-order valence-electron chi connectivity index (χ3n) is 5.14. The van der Waals surface area contributed by atoms with E-state index >= 15 is 0 Å². The summed E-state index contributed by atoms with van der Waals surface area (Å²) in [5.41, 5.74) is 5.71. The van der Waals surface area contributed by atoms with Crippen molar-refractivity contribution in [3.63, 3.8) is 0 Å². The summed E-state index contributed by atoms with van der Waals surface area (Å²) in [6, 6.07) is 1.88. The van der Waals surface area contributed by atoms with Gasteiger partial charge in [0, 0.05) is 19.6 Å². The number of hydrogen-bond donors (Lipinski definition) is 1. The van der Waals surface area contributed by atoms with Gasteiger partial charge in [-0.1, -0.05) is 6.92 Å². The van der Waals surface area contributed by atoms with E-state index in [1.54, 1.807) is 4.90 Å². The van der Waals surface area contributed by atoms with Crippen molar-refractivity contribution in [3.05, 3.63) is 28.0 Å². The second-order valence-electron chi connectivity index (χ2n) is 7.08. The van der Waals surface area contributed by atoms with E-state index in [0.29, 0.717) is 39.0 Å². The number of nitrogens with zero attached hydrogens (tertiary/aromatic N) is 3. The molecule has 136 valence electrons. The van der Waals surface area contributed by atoms with E-state index in [-0.39, 0.29) is 17.1 Å². The molecular weight excluding hydrogens is 328 g/mol. The molecule has 2 atom stereocenters. The Kier molecular flexibility index (Phi) is 4.51. The molecule has 2 unspecified atom stereocenters. The largest absolute Gasteiger partial charge is 0.433 e. The third-order valence-corrected chi connectivity index (χ3v) is 5.14. The molecule has 9 nitrogen and oxygen atoms in total. The van der Waals surface area contributed by atoms with Gasteiger partial charge in [0.2, 0.25) is 5.91 Å². The molecule has 0 aromatic carbocycles. The molecule has 0 spiro atoms. The topological polar surface area (TPSA) is 123 Å². The Bertz CT molecular complexity index is 702. The number of rotatable bonds is 4. The van der Waals surface area contributed by atoms with Crippen LogP contribution in [0.2, 0.25) is 0 Å². The standard InChI is InChI=1S/C16H22N4O5/c1-16(9-17)6-8-18(10-16)14(21)11-3-2-7-19(11)15(22)12-4-5-13(25-12)20(23)24/h4-5,11H,2-3,6-10,17H2,1H3. The van der Waals surface area contributed by atoms with Crippen LogP contribution in [0.4, 0.5) is 5.88 Å². The summed E-state index contributed by atoms with van der Waals surface area (Å²) in [5.74, 6) is -1.16. The third kappa shape index (κ3) is 3.23. The molecule has 2 aliphatic rings. The number of nitrogens with two attached hydrogens (primary N) is 1. The van der Waals surface area contributed by atoms with E-state index in [2.05, 4.69) is 6.92 Å². The van der Waals surface area contributed by atoms with Gasteiger partial charge in [-0.05, 0) is 37.3 Å². The average Bonchev–Trinajstić information content (AvgIpc) is 3.32. The zero-order valence-electron chi connectivity index (χ0n) is 14.1. The first-order chi connectivity index (χ1) is 11.8. The van der Waals surface area contributed by atoms with Gasteiger partial charge < -0.3 is 20.0 Å². The van der Waals surface area contributed by atoms with Crippen LogP contribution < -0.4 is 5.73 Å². The van der Waals surface area contributed by atoms with E-state index in [1.807, 2.05) is 0 Å². The molecule has 1 aromatic rings. The van der Waals surface area contributed by atoms with Crippen LogP contribution in [0.25, 0.3) is 0 Å². The van der Waals surface area contributed by atoms with Crippen molar-refractivity contribution in [1.29, 1.82) is 0 Å². The van der Waals surface area contributed by atoms with Crippen molar-refractivity contribution in [1.82, 2.24) is 9.80 Å². The molecule has 25 heavy (non-hydrogen) atoms. The van der Waals surface area contributed by atoms with Crippen LogP contribution in [0.5, 0.6) is 0 Å². The Balaban J connectivity index is 1.72. The van der Waals surface area contributed by atoms with Gasteiger partial charge in [0.25, 0.3) is 5.91 Å². The molecule has 2 N–H and O–H groups in total. The smallest absolute Gasteiger partial charge is 0.395 e. The quantitative estimate of drug-likeness (QED) is 0.638. The fraction of sp³-hybridized carbons (Fsp3) is 0.625. The molecular formula is C16H22N4O5. The monoisotopic (exact) mass is 350 g/mol. The summed E-state index contributed by atoms with van der Waals surface area (Å²) in [6.07, 6.45) is 2.15. The normalized spacial score (nSPS) is 26.2. The second kappa shape index (κ2) is 6.47. The van der Waals surface area contributed by atoms with Gasteiger partial charge in [-0.25, -0.2) is 0 Å². The maximum absolute atomic E-state index is 12.9. The highest BCUT2D eigenvalue weighted by atomic mass is 16.6. The molecule has 2 saturated heterocycles. The minimum Gasteiger partial charge on any atom is -0.395 e. The molecule has 3 heterocycles. The molecule has 2 amide bonds. The Labute approximate surface area is 144 Å². The Morgan fingerprint density at radius 1 is 1.44 bits per heavy atom. The summed E-state index contributed by atoms with van der Waals surface area (Å²) in [6.45, 7) is 4.23. The zero-order chi connectivity index (χ0) is 18.2. The summed E-state index contributed by atoms with van der Waals surface area (Å²) < 4.78 is 4.99. The first-order valence-electron chi connectivity index (χ1n) is 8.39. The lowest BCUT2D eigenvalue weighted by molar-refractivity contribution is -0.402. The van der Waals surface area contributed by atoms with E-state index < -0.39 is 22.8 Å². The second-order valence-corrected chi connectivity index (χ2v) is 7.08. The number of furan rings is 1. The molecule has 1 aromatic heterocycles. The number of likely N-dealkylation sites (tertiary alicyclic amines) is 2. The van der Waals surface area contributed by atoms with Crippen LogP contribution in [0.3, 0.4) is 0 Å². The maximum atomic E-state index is 12.9. The van der Waals surface area contributed by atoms with Crippen LogP contribution in [-0.4, -0.2) is 58.8 Å². The Morgan fingerprint density at radius 2 is 2.20 bits per heavy atom. The minimum atomic E-state index is -0.693. The average molecular weight is 350 g/mol. The van der Waals surface area contributed by atoms with Gasteiger partial charge in [0.05, 0.1) is 6.07 Å². The number of nitro groups is 1. The van der Waals surface area contributed by atoms with Crippen molar-refractivity contribution in [2.24, 2.45) is 11.1 Å². The van der Waals surface area contributed by atoms with Gasteiger partial charge in [0.15, 0.2) is 5.76 Å². The molecule has 0 saturated carbocycles. The summed E-state index contributed by atoms with van der Waals surface area (Å²) >= 11 is 0. The maximum Gasteiger partial charge on any atom is 0.433 e. The van der Waals surface area contributed by atoms with Gasteiger partial charge in [-0.2, -0.15) is 0 Å². The Morgan fingerprint density at radius 3 is 2.80 bits per heavy atom. The molecule has 2 aliphatic heterocycles. The SMILES string of the molecule is CC1(CN)CCN(C(=O)C2CCCN2C(=O)c2ccc([N+](=O)[O-])o2)C1. The van der Waals surface area contributed by atoms with Crippen LogP contribution >= 0.6 is 0 Å². The molecule has 3 rings (SSSR count). The summed E-state index contributed by atoms with van der Waals surface area (Å²) in [4.78, 5) is 38.7. The van der Waals surface area contributed by atoms with Crippen molar-refractivity contribution in [3.8, 4) is 0 Å². The van der Waals surface area contributed by atoms with E-state index in [0.717, 1.165) is 12.5 Å². The highest BCUT2D eigenvalue weighted by Crippen LogP contribution is 2.31. The number of amides is 2. The van der Waals surface area contributed by atoms with Crippen LogP contribution in [0.1, 0.15) is 36.7 Å². The molecule has 0 aliphatic carbocycles. The van der Waals surface area contributed by atoms with Crippen LogP contribution in [0.15, 0.2) is 16.5 Å². The van der Waals surface area contributed by atoms with Gasteiger partial charge in [-0.15, -0.1) is 0 Å². The van der Waals surface area contributed by atoms with Crippen molar-refractivity contribution < 1.29 is 18.9 Å². The van der Waals surface area contributed by atoms with Gasteiger partial charge in [-0.3, -0.25) is 19.7 Å². The van der Waals surface area contributed by atoms with Crippen molar-refractivity contribution in [2.75, 3.05) is 26.2 Å². The number of hydrogen-bond acceptors (Lipinski definition) is 6. The first-order valence-corrected chi connectivity index (χ1v) is 8.39. The summed E-state index contributed by atoms with van der Waals surface area (Å²) in [7, 11) is 0. The van der Waals surface area contributed by atoms with Gasteiger partial charge >= 0.3 is 5.88 Å². The molecule has 2 fully saturated rings. The summed E-state index contributed by atoms with van der Waals surface area (Å²) in [5, 5.41) is 10.7. The highest BCUT2D eigenvalue weighted by molar-refractivity contribution is 5.96. The lowest BCUT2D eigenvalue weighted by atomic mass is 9.90. The van der Waals surface area contributed by atoms with E-state index in [1.165, 1.54) is 11.0 Å². The predicted octanol–water partition coefficient (Wildman–Crippen LogP) is 0.990. The lowest BCUT2D eigenvalue weighted by Gasteiger charge is -2.28. The first kappa shape index (κ1) is 17.4. The fourth-order valence-electron chi connectivity index (χ4n) is 3.54. The van der Waals surface area contributed by atoms with Crippen molar-refractivity contribution in [2.45, 2.75) is 32.2 Å². The zero-order valence-corrected chi connectivity index (χ0v) is 14.1. The molecule has 0 bridgehead atoms. The lowest BCUT2D eigenvalue weighted by Crippen LogP contribution is -2.47. The van der Waals surface area contributed by atoms with Crippen molar-refractivity contribution >= 4 is 17.7 Å². The van der Waals surface area contributed by atoms with Gasteiger partial charge in [0.1, 0.15) is 11.0 Å². The van der Waals surface area contributed by atoms with E-state index in [9.17, 15) is 19.7 Å². The molecule has 0 radical (unpaired) electrons. The fourth-order valence-corrected chi connectivity index (χ4v) is 3.54. The number of carbonyl (C=O) groups is 2. The molecule has 9 heteroatoms. The highest BCUT2D eigenvalue weighted by Gasteiger charge is 2.42. The minimum absolute atomic E-state index is 0.0786. The van der Waals surface area contributed by atoms with Crippen LogP contribution in [0, 0.1) is 15.5 Å². The predicted molar refractivity (Wildman–Crippen MR) is 87.8 cm³/mol.